The molecule has 1 aromatic rings. The van der Waals surface area contributed by atoms with Gasteiger partial charge in [0.05, 0.1) is 22.5 Å². The van der Waals surface area contributed by atoms with Crippen molar-refractivity contribution in [2.45, 2.75) is 55.8 Å². The minimum atomic E-state index is -3.87. The van der Waals surface area contributed by atoms with Crippen LogP contribution in [0.5, 0.6) is 0 Å². The number of hydrogen-bond donors (Lipinski definition) is 1. The van der Waals surface area contributed by atoms with Crippen LogP contribution in [-0.2, 0) is 19.5 Å². The number of ether oxygens (including phenoxy) is 2. The van der Waals surface area contributed by atoms with E-state index >= 15 is 0 Å². The van der Waals surface area contributed by atoms with Gasteiger partial charge < -0.3 is 9.47 Å². The van der Waals surface area contributed by atoms with Crippen molar-refractivity contribution in [1.82, 2.24) is 4.72 Å². The van der Waals surface area contributed by atoms with E-state index in [0.29, 0.717) is 12.2 Å². The molecule has 2 aliphatic rings. The lowest BCUT2D eigenvalue weighted by Crippen LogP contribution is -2.37. The number of non-ortho nitro benzene ring substituents is 1. The first kappa shape index (κ1) is 18.2. The number of rotatable bonds is 5. The summed E-state index contributed by atoms with van der Waals surface area (Å²) >= 11 is 0. The molecular weight excluding hydrogens is 348 g/mol. The number of nitro benzene ring substituents is 1. The zero-order valence-corrected chi connectivity index (χ0v) is 14.9. The lowest BCUT2D eigenvalue weighted by atomic mass is 9.94. The third-order valence-electron chi connectivity index (χ3n) is 4.70. The number of nitro groups is 1. The van der Waals surface area contributed by atoms with Crippen LogP contribution >= 0.6 is 0 Å². The summed E-state index contributed by atoms with van der Waals surface area (Å²) in [6, 6.07) is 3.79. The SMILES string of the molecule is Cc1ccc([N+](=O)[O-])cc1S(=O)(=O)NC[C@@H]1COC2(CCCCC2)O1. The molecule has 3 rings (SSSR count). The number of sulfonamides is 1. The number of nitrogens with zero attached hydrogens (tertiary/aromatic N) is 1. The second-order valence-electron chi connectivity index (χ2n) is 6.58. The highest BCUT2D eigenvalue weighted by Crippen LogP contribution is 2.37. The normalized spacial score (nSPS) is 23.0. The van der Waals surface area contributed by atoms with Gasteiger partial charge in [0.2, 0.25) is 10.0 Å². The van der Waals surface area contributed by atoms with Crippen molar-refractivity contribution in [3.63, 3.8) is 0 Å². The monoisotopic (exact) mass is 370 g/mol. The Morgan fingerprint density at radius 1 is 1.32 bits per heavy atom. The molecule has 25 heavy (non-hydrogen) atoms. The minimum absolute atomic E-state index is 0.0756. The first-order valence-corrected chi connectivity index (χ1v) is 9.86. The van der Waals surface area contributed by atoms with Crippen LogP contribution in [0.4, 0.5) is 5.69 Å². The largest absolute Gasteiger partial charge is 0.347 e. The highest BCUT2D eigenvalue weighted by Gasteiger charge is 2.42. The maximum Gasteiger partial charge on any atom is 0.270 e. The quantitative estimate of drug-likeness (QED) is 0.629. The first-order chi connectivity index (χ1) is 11.8. The molecule has 0 bridgehead atoms. The summed E-state index contributed by atoms with van der Waals surface area (Å²) in [6.07, 6.45) is 4.57. The summed E-state index contributed by atoms with van der Waals surface area (Å²) in [7, 11) is -3.87. The average molecular weight is 370 g/mol. The fourth-order valence-corrected chi connectivity index (χ4v) is 4.67. The molecule has 1 heterocycles. The summed E-state index contributed by atoms with van der Waals surface area (Å²) in [4.78, 5) is 10.2. The van der Waals surface area contributed by atoms with Gasteiger partial charge >= 0.3 is 0 Å². The molecule has 1 saturated heterocycles. The molecule has 1 aliphatic carbocycles. The number of hydrogen-bond acceptors (Lipinski definition) is 6. The Morgan fingerprint density at radius 3 is 2.72 bits per heavy atom. The summed E-state index contributed by atoms with van der Waals surface area (Å²) in [5, 5.41) is 10.9. The van der Waals surface area contributed by atoms with Crippen molar-refractivity contribution < 1.29 is 22.8 Å². The third kappa shape index (κ3) is 4.00. The van der Waals surface area contributed by atoms with Gasteiger partial charge in [-0.2, -0.15) is 0 Å². The smallest absolute Gasteiger partial charge is 0.270 e. The lowest BCUT2D eigenvalue weighted by Gasteiger charge is -2.31. The van der Waals surface area contributed by atoms with E-state index in [2.05, 4.69) is 4.72 Å². The van der Waals surface area contributed by atoms with Crippen LogP contribution in [0.25, 0.3) is 0 Å². The lowest BCUT2D eigenvalue weighted by molar-refractivity contribution is -0.385. The fourth-order valence-electron chi connectivity index (χ4n) is 3.34. The molecule has 9 heteroatoms. The summed E-state index contributed by atoms with van der Waals surface area (Å²) < 4.78 is 39.3. The Balaban J connectivity index is 1.67. The van der Waals surface area contributed by atoms with E-state index in [1.807, 2.05) is 0 Å². The number of nitrogens with one attached hydrogen (secondary N) is 1. The molecule has 1 aliphatic heterocycles. The first-order valence-electron chi connectivity index (χ1n) is 8.38. The van der Waals surface area contributed by atoms with Crippen LogP contribution in [-0.4, -0.2) is 38.4 Å². The Kier molecular flexibility index (Phi) is 5.10. The Hall–Kier alpha value is -1.55. The standard InChI is InChI=1S/C16H22N2O6S/c1-12-5-6-13(18(19)20)9-15(12)25(21,22)17-10-14-11-23-16(24-14)7-3-2-4-8-16/h5-6,9,14,17H,2-4,7-8,10-11H2,1H3/t14-/m1/s1. The molecule has 8 nitrogen and oxygen atoms in total. The molecule has 0 radical (unpaired) electrons. The van der Waals surface area contributed by atoms with Crippen molar-refractivity contribution >= 4 is 15.7 Å². The van der Waals surface area contributed by atoms with Gasteiger partial charge in [0, 0.05) is 31.5 Å². The van der Waals surface area contributed by atoms with Crippen LogP contribution in [0.15, 0.2) is 23.1 Å². The van der Waals surface area contributed by atoms with Crippen molar-refractivity contribution in [3.05, 3.63) is 33.9 Å². The van der Waals surface area contributed by atoms with Crippen LogP contribution in [0.1, 0.15) is 37.7 Å². The predicted octanol–water partition coefficient (Wildman–Crippen LogP) is 2.26. The van der Waals surface area contributed by atoms with Crippen LogP contribution < -0.4 is 4.72 Å². The summed E-state index contributed by atoms with van der Waals surface area (Å²) in [5.74, 6) is -0.560. The van der Waals surface area contributed by atoms with Gasteiger partial charge in [-0.3, -0.25) is 10.1 Å². The van der Waals surface area contributed by atoms with E-state index in [1.54, 1.807) is 6.92 Å². The molecule has 138 valence electrons. The molecule has 0 unspecified atom stereocenters. The van der Waals surface area contributed by atoms with E-state index in [0.717, 1.165) is 38.2 Å². The topological polar surface area (TPSA) is 108 Å². The van der Waals surface area contributed by atoms with Gasteiger partial charge in [-0.1, -0.05) is 12.5 Å². The van der Waals surface area contributed by atoms with Crippen molar-refractivity contribution in [2.75, 3.05) is 13.2 Å². The molecule has 1 atom stereocenters. The summed E-state index contributed by atoms with van der Waals surface area (Å²) in [6.45, 7) is 2.02. The van der Waals surface area contributed by atoms with Crippen molar-refractivity contribution in [3.8, 4) is 0 Å². The zero-order valence-electron chi connectivity index (χ0n) is 14.1. The fraction of sp³-hybridized carbons (Fsp3) is 0.625. The Bertz CT molecular complexity index is 758. The Morgan fingerprint density at radius 2 is 2.04 bits per heavy atom. The van der Waals surface area contributed by atoms with Crippen molar-refractivity contribution in [2.24, 2.45) is 0 Å². The Labute approximate surface area is 146 Å². The maximum absolute atomic E-state index is 12.5. The van der Waals surface area contributed by atoms with Gasteiger partial charge in [0.15, 0.2) is 5.79 Å². The summed E-state index contributed by atoms with van der Waals surface area (Å²) in [5.41, 5.74) is 0.193. The van der Waals surface area contributed by atoms with Crippen molar-refractivity contribution in [1.29, 1.82) is 0 Å². The molecule has 2 fully saturated rings. The molecule has 1 N–H and O–H groups in total. The molecule has 0 aromatic heterocycles. The number of benzene rings is 1. The molecular formula is C16H22N2O6S. The van der Waals surface area contributed by atoms with Gasteiger partial charge in [0.25, 0.3) is 5.69 Å². The second-order valence-corrected chi connectivity index (χ2v) is 8.32. The molecule has 1 aromatic carbocycles. The highest BCUT2D eigenvalue weighted by atomic mass is 32.2. The van der Waals surface area contributed by atoms with E-state index in [-0.39, 0.29) is 23.2 Å². The highest BCUT2D eigenvalue weighted by molar-refractivity contribution is 7.89. The predicted molar refractivity (Wildman–Crippen MR) is 89.7 cm³/mol. The van der Waals surface area contributed by atoms with Crippen LogP contribution in [0.2, 0.25) is 0 Å². The molecule has 1 saturated carbocycles. The van der Waals surface area contributed by atoms with Gasteiger partial charge in [-0.15, -0.1) is 0 Å². The van der Waals surface area contributed by atoms with E-state index < -0.39 is 20.7 Å². The zero-order chi connectivity index (χ0) is 18.1. The molecule has 0 amide bonds. The van der Waals surface area contributed by atoms with Crippen LogP contribution in [0, 0.1) is 17.0 Å². The average Bonchev–Trinajstić information content (AvgIpc) is 2.96. The van der Waals surface area contributed by atoms with Gasteiger partial charge in [-0.25, -0.2) is 13.1 Å². The van der Waals surface area contributed by atoms with Gasteiger partial charge in [-0.05, 0) is 25.3 Å². The number of aryl methyl sites for hydroxylation is 1. The van der Waals surface area contributed by atoms with E-state index in [9.17, 15) is 18.5 Å². The second kappa shape index (κ2) is 6.99. The maximum atomic E-state index is 12.5. The minimum Gasteiger partial charge on any atom is -0.347 e. The van der Waals surface area contributed by atoms with Crippen LogP contribution in [0.3, 0.4) is 0 Å². The van der Waals surface area contributed by atoms with Gasteiger partial charge in [0.1, 0.15) is 0 Å². The third-order valence-corrected chi connectivity index (χ3v) is 6.27. The van der Waals surface area contributed by atoms with E-state index in [1.165, 1.54) is 12.1 Å². The molecule has 1 spiro atoms. The van der Waals surface area contributed by atoms with E-state index in [4.69, 9.17) is 9.47 Å².